The number of aromatic nitrogens is 4. The molecule has 3 aromatic heterocycles. The number of fused-ring (bicyclic) bond motifs is 1. The molecule has 0 bridgehead atoms. The number of nitrogens with one attached hydrogen (secondary N) is 1. The number of imidazole rings is 2. The minimum absolute atomic E-state index is 0.719. The Kier molecular flexibility index (Phi) is 2.85. The van der Waals surface area contributed by atoms with Crippen molar-refractivity contribution >= 4 is 16.3 Å². The lowest BCUT2D eigenvalue weighted by molar-refractivity contribution is 0.623. The summed E-state index contributed by atoms with van der Waals surface area (Å²) in [6.45, 7) is 3.74. The van der Waals surface area contributed by atoms with Gasteiger partial charge in [-0.2, -0.15) is 0 Å². The molecule has 4 rings (SSSR count). The second kappa shape index (κ2) is 4.71. The molecule has 1 fully saturated rings. The Balaban J connectivity index is 1.57. The van der Waals surface area contributed by atoms with Gasteiger partial charge < -0.3 is 9.88 Å². The van der Waals surface area contributed by atoms with Crippen LogP contribution in [0.25, 0.3) is 4.96 Å². The molecule has 1 aliphatic carbocycles. The van der Waals surface area contributed by atoms with E-state index in [1.165, 1.54) is 18.5 Å². The second-order valence-electron chi connectivity index (χ2n) is 5.36. The Hall–Kier alpha value is -1.66. The van der Waals surface area contributed by atoms with Crippen LogP contribution in [0.2, 0.25) is 0 Å². The molecule has 3 aromatic rings. The lowest BCUT2D eigenvalue weighted by atomic mass is 10.4. The van der Waals surface area contributed by atoms with Crippen molar-refractivity contribution < 1.29 is 0 Å². The van der Waals surface area contributed by atoms with Crippen LogP contribution in [0.15, 0.2) is 24.0 Å². The van der Waals surface area contributed by atoms with Crippen molar-refractivity contribution in [3.8, 4) is 0 Å². The molecule has 0 saturated heterocycles. The summed E-state index contributed by atoms with van der Waals surface area (Å²) in [5, 5.41) is 5.60. The average Bonchev–Trinajstić information content (AvgIpc) is 2.87. The normalized spacial score (nSPS) is 15.2. The van der Waals surface area contributed by atoms with Gasteiger partial charge in [-0.1, -0.05) is 0 Å². The number of hydrogen-bond donors (Lipinski definition) is 1. The Labute approximate surface area is 121 Å². The van der Waals surface area contributed by atoms with Crippen LogP contribution in [0.3, 0.4) is 0 Å². The van der Waals surface area contributed by atoms with Gasteiger partial charge in [0.2, 0.25) is 0 Å². The SMILES string of the molecule is Cc1ncc(CNC2CC2)n1Cc1cn2ccsc2n1. The van der Waals surface area contributed by atoms with Crippen LogP contribution < -0.4 is 5.32 Å². The van der Waals surface area contributed by atoms with E-state index in [9.17, 15) is 0 Å². The van der Waals surface area contributed by atoms with E-state index in [1.54, 1.807) is 11.3 Å². The molecule has 6 heteroatoms. The summed E-state index contributed by atoms with van der Waals surface area (Å²) in [5.74, 6) is 1.05. The molecule has 0 atom stereocenters. The summed E-state index contributed by atoms with van der Waals surface area (Å²) >= 11 is 1.67. The average molecular weight is 287 g/mol. The van der Waals surface area contributed by atoms with E-state index in [2.05, 4.69) is 42.8 Å². The monoisotopic (exact) mass is 287 g/mol. The number of rotatable bonds is 5. The largest absolute Gasteiger partial charge is 0.325 e. The maximum absolute atomic E-state index is 4.65. The maximum atomic E-state index is 4.65. The van der Waals surface area contributed by atoms with E-state index in [0.29, 0.717) is 0 Å². The molecule has 0 aliphatic heterocycles. The Morgan fingerprint density at radius 3 is 3.15 bits per heavy atom. The van der Waals surface area contributed by atoms with Gasteiger partial charge in [-0.15, -0.1) is 11.3 Å². The summed E-state index contributed by atoms with van der Waals surface area (Å²) in [5.41, 5.74) is 2.33. The molecule has 1 aliphatic rings. The molecule has 20 heavy (non-hydrogen) atoms. The van der Waals surface area contributed by atoms with E-state index in [1.807, 2.05) is 12.4 Å². The van der Waals surface area contributed by atoms with Gasteiger partial charge in [-0.05, 0) is 19.8 Å². The first-order valence-electron chi connectivity index (χ1n) is 6.95. The molecule has 1 saturated carbocycles. The molecule has 104 valence electrons. The van der Waals surface area contributed by atoms with Crippen LogP contribution in [0, 0.1) is 6.92 Å². The van der Waals surface area contributed by atoms with E-state index >= 15 is 0 Å². The Morgan fingerprint density at radius 1 is 1.45 bits per heavy atom. The zero-order chi connectivity index (χ0) is 13.5. The van der Waals surface area contributed by atoms with Crippen LogP contribution in [-0.2, 0) is 13.1 Å². The first-order chi connectivity index (χ1) is 9.79. The Bertz CT molecular complexity index is 705. The lowest BCUT2D eigenvalue weighted by Crippen LogP contribution is -2.18. The fourth-order valence-corrected chi connectivity index (χ4v) is 3.14. The summed E-state index contributed by atoms with van der Waals surface area (Å²) in [6, 6.07) is 0.719. The van der Waals surface area contributed by atoms with E-state index in [4.69, 9.17) is 0 Å². The van der Waals surface area contributed by atoms with Crippen molar-refractivity contribution in [2.24, 2.45) is 0 Å². The quantitative estimate of drug-likeness (QED) is 0.782. The van der Waals surface area contributed by atoms with E-state index < -0.39 is 0 Å². The fourth-order valence-electron chi connectivity index (χ4n) is 2.42. The van der Waals surface area contributed by atoms with Gasteiger partial charge in [0, 0.05) is 36.6 Å². The number of aryl methyl sites for hydroxylation is 1. The van der Waals surface area contributed by atoms with Crippen molar-refractivity contribution in [3.63, 3.8) is 0 Å². The van der Waals surface area contributed by atoms with Crippen molar-refractivity contribution in [1.29, 1.82) is 0 Å². The Morgan fingerprint density at radius 2 is 2.35 bits per heavy atom. The molecular formula is C14H17N5S. The second-order valence-corrected chi connectivity index (χ2v) is 6.24. The highest BCUT2D eigenvalue weighted by atomic mass is 32.1. The van der Waals surface area contributed by atoms with Gasteiger partial charge in [0.05, 0.1) is 17.9 Å². The smallest absolute Gasteiger partial charge is 0.193 e. The predicted molar refractivity (Wildman–Crippen MR) is 79.0 cm³/mol. The molecule has 3 heterocycles. The van der Waals surface area contributed by atoms with Gasteiger partial charge in [0.15, 0.2) is 4.96 Å². The fraction of sp³-hybridized carbons (Fsp3) is 0.429. The minimum Gasteiger partial charge on any atom is -0.325 e. The topological polar surface area (TPSA) is 47.2 Å². The standard InChI is InChI=1S/C14H17N5S/c1-10-15-6-13(7-16-11-2-3-11)19(10)9-12-8-18-4-5-20-14(18)17-12/h4-6,8,11,16H,2-3,7,9H2,1H3. The molecule has 1 N–H and O–H groups in total. The summed E-state index contributed by atoms with van der Waals surface area (Å²) < 4.78 is 4.33. The molecule has 0 amide bonds. The maximum Gasteiger partial charge on any atom is 0.193 e. The molecule has 0 radical (unpaired) electrons. The van der Waals surface area contributed by atoms with Crippen molar-refractivity contribution in [3.05, 3.63) is 41.2 Å². The zero-order valence-corrected chi connectivity index (χ0v) is 12.2. The number of thiazole rings is 1. The van der Waals surface area contributed by atoms with Gasteiger partial charge in [0.1, 0.15) is 5.82 Å². The molecule has 5 nitrogen and oxygen atoms in total. The highest BCUT2D eigenvalue weighted by molar-refractivity contribution is 7.15. The van der Waals surface area contributed by atoms with Crippen LogP contribution in [0.5, 0.6) is 0 Å². The highest BCUT2D eigenvalue weighted by Gasteiger charge is 2.21. The van der Waals surface area contributed by atoms with Crippen molar-refractivity contribution in [1.82, 2.24) is 24.3 Å². The van der Waals surface area contributed by atoms with Crippen LogP contribution in [0.4, 0.5) is 0 Å². The first-order valence-corrected chi connectivity index (χ1v) is 7.83. The van der Waals surface area contributed by atoms with Crippen LogP contribution >= 0.6 is 11.3 Å². The van der Waals surface area contributed by atoms with Gasteiger partial charge in [-0.25, -0.2) is 9.97 Å². The first kappa shape index (κ1) is 12.1. The predicted octanol–water partition coefficient (Wildman–Crippen LogP) is 2.20. The summed E-state index contributed by atoms with van der Waals surface area (Å²) in [4.78, 5) is 10.1. The van der Waals surface area contributed by atoms with Crippen molar-refractivity contribution in [2.45, 2.75) is 38.9 Å². The van der Waals surface area contributed by atoms with Gasteiger partial charge in [-0.3, -0.25) is 4.40 Å². The van der Waals surface area contributed by atoms with Gasteiger partial charge >= 0.3 is 0 Å². The third kappa shape index (κ3) is 2.25. The highest BCUT2D eigenvalue weighted by Crippen LogP contribution is 2.20. The summed E-state index contributed by atoms with van der Waals surface area (Å²) in [7, 11) is 0. The van der Waals surface area contributed by atoms with E-state index in [-0.39, 0.29) is 0 Å². The zero-order valence-electron chi connectivity index (χ0n) is 11.4. The van der Waals surface area contributed by atoms with Crippen LogP contribution in [-0.4, -0.2) is 25.0 Å². The van der Waals surface area contributed by atoms with Gasteiger partial charge in [0.25, 0.3) is 0 Å². The molecule has 0 aromatic carbocycles. The van der Waals surface area contributed by atoms with E-state index in [0.717, 1.165) is 35.6 Å². The molecule has 0 spiro atoms. The van der Waals surface area contributed by atoms with Crippen LogP contribution in [0.1, 0.15) is 30.1 Å². The minimum atomic E-state index is 0.719. The third-order valence-electron chi connectivity index (χ3n) is 3.75. The third-order valence-corrected chi connectivity index (χ3v) is 4.52. The summed E-state index contributed by atoms with van der Waals surface area (Å²) in [6.07, 6.45) is 8.74. The number of hydrogen-bond acceptors (Lipinski definition) is 4. The van der Waals surface area contributed by atoms with Crippen molar-refractivity contribution in [2.75, 3.05) is 0 Å². The lowest BCUT2D eigenvalue weighted by Gasteiger charge is -2.09. The molecular weight excluding hydrogens is 270 g/mol. The number of nitrogens with zero attached hydrogens (tertiary/aromatic N) is 4. The molecule has 0 unspecified atom stereocenters.